The molecule has 5 nitrogen and oxygen atoms in total. The molecule has 0 aliphatic carbocycles. The minimum atomic E-state index is 0.459. The summed E-state index contributed by atoms with van der Waals surface area (Å²) in [4.78, 5) is 18.1. The van der Waals surface area contributed by atoms with Crippen LogP contribution in [0, 0.1) is 17.9 Å². The molecule has 0 aliphatic rings. The van der Waals surface area contributed by atoms with Gasteiger partial charge in [0, 0.05) is 22.3 Å². The van der Waals surface area contributed by atoms with Crippen molar-refractivity contribution >= 4 is 16.5 Å². The summed E-state index contributed by atoms with van der Waals surface area (Å²) >= 11 is 0. The monoisotopic (exact) mass is 637 g/mol. The fraction of sp³-hybridized carbons (Fsp3) is 0. The summed E-state index contributed by atoms with van der Waals surface area (Å²) in [6, 6.07) is 57.0. The zero-order chi connectivity index (χ0) is 33.9. The van der Waals surface area contributed by atoms with E-state index in [0.717, 1.165) is 60.8 Å². The van der Waals surface area contributed by atoms with Gasteiger partial charge in [0.1, 0.15) is 0 Å². The first-order valence-electron chi connectivity index (χ1n) is 16.2. The maximum absolute atomic E-state index is 9.42. The highest BCUT2D eigenvalue weighted by Crippen LogP contribution is 2.35. The third-order valence-corrected chi connectivity index (χ3v) is 8.76. The number of aromatic nitrogens is 3. The lowest BCUT2D eigenvalue weighted by molar-refractivity contribution is 1.07. The van der Waals surface area contributed by atoms with E-state index in [1.165, 1.54) is 0 Å². The second-order valence-corrected chi connectivity index (χ2v) is 11.9. The molecule has 7 aromatic carbocycles. The minimum Gasteiger partial charge on any atom is -0.238 e. The van der Waals surface area contributed by atoms with Crippen molar-refractivity contribution in [1.82, 2.24) is 15.0 Å². The van der Waals surface area contributed by atoms with Crippen LogP contribution in [0.15, 0.2) is 164 Å². The molecule has 0 spiro atoms. The number of nitrogens with zero attached hydrogens (tertiary/aromatic N) is 5. The van der Waals surface area contributed by atoms with E-state index in [2.05, 4.69) is 83.7 Å². The SMILES string of the molecule is [C-]#[N+]c1cc(C#N)cc(-c2ccc(-c3ccc4cccc(-c5ccc(-c6nc(-c7ccccc7)nc(-c7ccccc7)n6)cc5)c4c3)cc2)c1. The summed E-state index contributed by atoms with van der Waals surface area (Å²) in [7, 11) is 0. The lowest BCUT2D eigenvalue weighted by atomic mass is 9.93. The zero-order valence-electron chi connectivity index (χ0n) is 26.8. The Labute approximate surface area is 290 Å². The standard InChI is InChI=1S/C45H27N5/c1-47-40-26-30(29-46)25-39(27-40)32-17-15-31(16-18-32)38-24-21-33-13-8-14-41(42(33)28-38)34-19-22-37(23-20-34)45-49-43(35-9-4-2-5-10-35)48-44(50-45)36-11-6-3-7-12-36/h2-28H. The van der Waals surface area contributed by atoms with Gasteiger partial charge in [-0.3, -0.25) is 0 Å². The van der Waals surface area contributed by atoms with Crippen LogP contribution in [0.3, 0.4) is 0 Å². The number of rotatable bonds is 6. The summed E-state index contributed by atoms with van der Waals surface area (Å²) in [5.41, 5.74) is 9.97. The first kappa shape index (κ1) is 30.1. The van der Waals surface area contributed by atoms with E-state index >= 15 is 0 Å². The van der Waals surface area contributed by atoms with Gasteiger partial charge in [0.05, 0.1) is 12.6 Å². The molecule has 0 amide bonds. The maximum atomic E-state index is 9.42. The van der Waals surface area contributed by atoms with E-state index in [-0.39, 0.29) is 0 Å². The van der Waals surface area contributed by atoms with Crippen molar-refractivity contribution in [2.45, 2.75) is 0 Å². The molecule has 0 bridgehead atoms. The van der Waals surface area contributed by atoms with Crippen LogP contribution in [-0.4, -0.2) is 15.0 Å². The van der Waals surface area contributed by atoms with Crippen LogP contribution in [0.25, 0.3) is 83.2 Å². The molecular weight excluding hydrogens is 611 g/mol. The number of hydrogen-bond donors (Lipinski definition) is 0. The molecule has 0 radical (unpaired) electrons. The fourth-order valence-electron chi connectivity index (χ4n) is 6.20. The van der Waals surface area contributed by atoms with Crippen molar-refractivity contribution in [3.05, 3.63) is 181 Å². The van der Waals surface area contributed by atoms with Crippen molar-refractivity contribution in [2.24, 2.45) is 0 Å². The van der Waals surface area contributed by atoms with E-state index in [4.69, 9.17) is 21.5 Å². The Bertz CT molecular complexity index is 2490. The smallest absolute Gasteiger partial charge is 0.189 e. The molecule has 0 atom stereocenters. The van der Waals surface area contributed by atoms with E-state index in [1.54, 1.807) is 6.07 Å². The third-order valence-electron chi connectivity index (χ3n) is 8.76. The van der Waals surface area contributed by atoms with E-state index in [1.807, 2.05) is 84.9 Å². The molecule has 0 saturated carbocycles. The molecule has 0 unspecified atom stereocenters. The van der Waals surface area contributed by atoms with Crippen LogP contribution in [0.5, 0.6) is 0 Å². The van der Waals surface area contributed by atoms with Crippen molar-refractivity contribution in [2.75, 3.05) is 0 Å². The quantitative estimate of drug-likeness (QED) is 0.170. The van der Waals surface area contributed by atoms with Gasteiger partial charge in [0.2, 0.25) is 0 Å². The van der Waals surface area contributed by atoms with Crippen LogP contribution in [-0.2, 0) is 0 Å². The van der Waals surface area contributed by atoms with Crippen LogP contribution < -0.4 is 0 Å². The fourth-order valence-corrected chi connectivity index (χ4v) is 6.20. The lowest BCUT2D eigenvalue weighted by Crippen LogP contribution is -2.00. The van der Waals surface area contributed by atoms with Crippen molar-refractivity contribution in [3.8, 4) is 73.6 Å². The average molecular weight is 638 g/mol. The molecule has 0 aliphatic heterocycles. The third kappa shape index (κ3) is 6.00. The largest absolute Gasteiger partial charge is 0.238 e. The van der Waals surface area contributed by atoms with Gasteiger partial charge >= 0.3 is 0 Å². The molecule has 5 heteroatoms. The number of nitriles is 1. The lowest BCUT2D eigenvalue weighted by Gasteiger charge is -2.12. The number of hydrogen-bond acceptors (Lipinski definition) is 4. The Balaban J connectivity index is 1.13. The summed E-state index contributed by atoms with van der Waals surface area (Å²) in [5, 5.41) is 11.7. The van der Waals surface area contributed by atoms with Crippen molar-refractivity contribution in [1.29, 1.82) is 5.26 Å². The van der Waals surface area contributed by atoms with E-state index in [9.17, 15) is 5.26 Å². The predicted octanol–water partition coefficient (Wildman–Crippen LogP) is 11.4. The highest BCUT2D eigenvalue weighted by molar-refractivity contribution is 5.99. The second-order valence-electron chi connectivity index (χ2n) is 11.9. The summed E-state index contributed by atoms with van der Waals surface area (Å²) < 4.78 is 0. The van der Waals surface area contributed by atoms with Crippen molar-refractivity contribution in [3.63, 3.8) is 0 Å². The molecule has 0 fully saturated rings. The van der Waals surface area contributed by atoms with Crippen LogP contribution >= 0.6 is 0 Å². The van der Waals surface area contributed by atoms with E-state index in [0.29, 0.717) is 28.7 Å². The van der Waals surface area contributed by atoms with Gasteiger partial charge < -0.3 is 0 Å². The first-order chi connectivity index (χ1) is 24.6. The van der Waals surface area contributed by atoms with Gasteiger partial charge in [-0.05, 0) is 68.4 Å². The summed E-state index contributed by atoms with van der Waals surface area (Å²) in [6.07, 6.45) is 0. The predicted molar refractivity (Wildman–Crippen MR) is 201 cm³/mol. The molecule has 1 heterocycles. The Hall–Kier alpha value is -7.21. The minimum absolute atomic E-state index is 0.459. The van der Waals surface area contributed by atoms with Gasteiger partial charge in [-0.1, -0.05) is 140 Å². The zero-order valence-corrected chi connectivity index (χ0v) is 26.8. The van der Waals surface area contributed by atoms with Gasteiger partial charge in [-0.2, -0.15) is 5.26 Å². The first-order valence-corrected chi connectivity index (χ1v) is 16.2. The van der Waals surface area contributed by atoms with Gasteiger partial charge in [0.15, 0.2) is 23.2 Å². The molecule has 8 rings (SSSR count). The maximum Gasteiger partial charge on any atom is 0.189 e. The molecule has 50 heavy (non-hydrogen) atoms. The van der Waals surface area contributed by atoms with E-state index < -0.39 is 0 Å². The van der Waals surface area contributed by atoms with Crippen LogP contribution in [0.1, 0.15) is 5.56 Å². The second kappa shape index (κ2) is 13.1. The highest BCUT2D eigenvalue weighted by Gasteiger charge is 2.13. The van der Waals surface area contributed by atoms with Crippen molar-refractivity contribution < 1.29 is 0 Å². The Morgan fingerprint density at radius 2 is 0.960 bits per heavy atom. The van der Waals surface area contributed by atoms with Crippen LogP contribution in [0.4, 0.5) is 5.69 Å². The average Bonchev–Trinajstić information content (AvgIpc) is 3.20. The highest BCUT2D eigenvalue weighted by atomic mass is 15.0. The molecule has 0 saturated heterocycles. The topological polar surface area (TPSA) is 66.8 Å². The van der Waals surface area contributed by atoms with Gasteiger partial charge in [-0.15, -0.1) is 0 Å². The molecule has 1 aromatic heterocycles. The Morgan fingerprint density at radius 1 is 0.440 bits per heavy atom. The number of fused-ring (bicyclic) bond motifs is 1. The molecular formula is C45H27N5. The molecule has 8 aromatic rings. The summed E-state index contributed by atoms with van der Waals surface area (Å²) in [5.74, 6) is 1.89. The molecule has 0 N–H and O–H groups in total. The Morgan fingerprint density at radius 3 is 1.54 bits per heavy atom. The normalized spacial score (nSPS) is 10.8. The van der Waals surface area contributed by atoms with Gasteiger partial charge in [0.25, 0.3) is 0 Å². The molecule has 232 valence electrons. The van der Waals surface area contributed by atoms with Crippen LogP contribution in [0.2, 0.25) is 0 Å². The Kier molecular flexibility index (Phi) is 7.91. The summed E-state index contributed by atoms with van der Waals surface area (Å²) in [6.45, 7) is 7.40. The number of benzene rings is 7. The van der Waals surface area contributed by atoms with Gasteiger partial charge in [-0.25, -0.2) is 19.8 Å².